The highest BCUT2D eigenvalue weighted by Gasteiger charge is 2.27. The van der Waals surface area contributed by atoms with Gasteiger partial charge >= 0.3 is 5.97 Å². The van der Waals surface area contributed by atoms with Gasteiger partial charge in [-0.2, -0.15) is 0 Å². The van der Waals surface area contributed by atoms with Gasteiger partial charge in [0.05, 0.1) is 29.4 Å². The molecule has 0 unspecified atom stereocenters. The molecule has 0 N–H and O–H groups in total. The maximum Gasteiger partial charge on any atom is 0.341 e. The SMILES string of the molecule is C[C@@H]1C[C@H](C)CN(C(=O)COC(=O)c2cc([N+](=O)[O-])ccc2N2CCOCC2)C1. The Morgan fingerprint density at radius 1 is 1.21 bits per heavy atom. The maximum atomic E-state index is 12.7. The van der Waals surface area contributed by atoms with Crippen molar-refractivity contribution in [2.75, 3.05) is 50.9 Å². The molecule has 2 saturated heterocycles. The van der Waals surface area contributed by atoms with Crippen LogP contribution in [-0.4, -0.2) is 67.7 Å². The molecular weight excluding hydrogens is 378 g/mol. The third kappa shape index (κ3) is 5.23. The number of benzene rings is 1. The van der Waals surface area contributed by atoms with Gasteiger partial charge in [-0.25, -0.2) is 4.79 Å². The molecule has 29 heavy (non-hydrogen) atoms. The van der Waals surface area contributed by atoms with Crippen LogP contribution in [0.15, 0.2) is 18.2 Å². The van der Waals surface area contributed by atoms with Gasteiger partial charge in [-0.05, 0) is 24.3 Å². The fourth-order valence-corrected chi connectivity index (χ4v) is 4.04. The Labute approximate surface area is 169 Å². The second-order valence-electron chi connectivity index (χ2n) is 7.88. The highest BCUT2D eigenvalue weighted by molar-refractivity contribution is 5.97. The molecule has 0 bridgehead atoms. The second kappa shape index (κ2) is 9.21. The average Bonchev–Trinajstić information content (AvgIpc) is 2.71. The molecule has 2 aliphatic rings. The maximum absolute atomic E-state index is 12.7. The molecule has 2 atom stereocenters. The number of hydrogen-bond donors (Lipinski definition) is 0. The monoisotopic (exact) mass is 405 g/mol. The average molecular weight is 405 g/mol. The van der Waals surface area contributed by atoms with Gasteiger partial charge in [-0.15, -0.1) is 0 Å². The van der Waals surface area contributed by atoms with E-state index in [1.54, 1.807) is 11.0 Å². The first-order chi connectivity index (χ1) is 13.8. The van der Waals surface area contributed by atoms with Crippen LogP contribution in [0.25, 0.3) is 0 Å². The zero-order chi connectivity index (χ0) is 21.0. The molecule has 2 aliphatic heterocycles. The number of nitrogens with zero attached hydrogens (tertiary/aromatic N) is 3. The third-order valence-corrected chi connectivity index (χ3v) is 5.31. The quantitative estimate of drug-likeness (QED) is 0.420. The number of piperidine rings is 1. The van der Waals surface area contributed by atoms with E-state index >= 15 is 0 Å². The molecule has 0 saturated carbocycles. The van der Waals surface area contributed by atoms with Crippen LogP contribution in [0.4, 0.5) is 11.4 Å². The number of rotatable bonds is 5. The highest BCUT2D eigenvalue weighted by atomic mass is 16.6. The van der Waals surface area contributed by atoms with E-state index in [1.807, 2.05) is 4.90 Å². The van der Waals surface area contributed by atoms with Crippen molar-refractivity contribution < 1.29 is 24.0 Å². The summed E-state index contributed by atoms with van der Waals surface area (Å²) in [7, 11) is 0. The van der Waals surface area contributed by atoms with Crippen LogP contribution < -0.4 is 4.90 Å². The Kier molecular flexibility index (Phi) is 6.68. The van der Waals surface area contributed by atoms with Crippen molar-refractivity contribution in [2.24, 2.45) is 11.8 Å². The molecule has 0 spiro atoms. The molecule has 9 heteroatoms. The summed E-state index contributed by atoms with van der Waals surface area (Å²) in [6.07, 6.45) is 1.07. The highest BCUT2D eigenvalue weighted by Crippen LogP contribution is 2.27. The summed E-state index contributed by atoms with van der Waals surface area (Å²) >= 11 is 0. The van der Waals surface area contributed by atoms with Crippen LogP contribution >= 0.6 is 0 Å². The Bertz CT molecular complexity index is 767. The number of nitro benzene ring substituents is 1. The smallest absolute Gasteiger partial charge is 0.341 e. The van der Waals surface area contributed by atoms with Gasteiger partial charge in [0.1, 0.15) is 0 Å². The minimum Gasteiger partial charge on any atom is -0.452 e. The summed E-state index contributed by atoms with van der Waals surface area (Å²) in [6, 6.07) is 4.13. The molecule has 0 aliphatic carbocycles. The molecular formula is C20H27N3O6. The number of non-ortho nitro benzene ring substituents is 1. The van der Waals surface area contributed by atoms with E-state index in [2.05, 4.69) is 13.8 Å². The second-order valence-corrected chi connectivity index (χ2v) is 7.88. The van der Waals surface area contributed by atoms with Gasteiger partial charge in [0.15, 0.2) is 6.61 Å². The fraction of sp³-hybridized carbons (Fsp3) is 0.600. The predicted octanol–water partition coefficient (Wildman–Crippen LogP) is 2.09. The molecule has 2 heterocycles. The molecule has 3 rings (SSSR count). The molecule has 1 amide bonds. The van der Waals surface area contributed by atoms with E-state index in [0.29, 0.717) is 56.9 Å². The zero-order valence-electron chi connectivity index (χ0n) is 16.8. The standard InChI is InChI=1S/C20H27N3O6/c1-14-9-15(2)12-22(11-14)19(24)13-29-20(25)17-10-16(23(26)27)3-4-18(17)21-5-7-28-8-6-21/h3-4,10,14-15H,5-9,11-13H2,1-2H3/t14-,15+. The molecule has 1 aromatic carbocycles. The van der Waals surface area contributed by atoms with E-state index in [0.717, 1.165) is 6.42 Å². The van der Waals surface area contributed by atoms with Gasteiger partial charge in [0.25, 0.3) is 11.6 Å². The van der Waals surface area contributed by atoms with Crippen molar-refractivity contribution in [3.63, 3.8) is 0 Å². The first-order valence-electron chi connectivity index (χ1n) is 9.91. The summed E-state index contributed by atoms with van der Waals surface area (Å²) in [4.78, 5) is 39.5. The Hall–Kier alpha value is -2.68. The molecule has 0 aromatic heterocycles. The van der Waals surface area contributed by atoms with E-state index in [4.69, 9.17) is 9.47 Å². The topological polar surface area (TPSA) is 102 Å². The lowest BCUT2D eigenvalue weighted by Gasteiger charge is -2.34. The Morgan fingerprint density at radius 2 is 1.86 bits per heavy atom. The van der Waals surface area contributed by atoms with Crippen molar-refractivity contribution in [3.8, 4) is 0 Å². The van der Waals surface area contributed by atoms with Gasteiger partial charge in [-0.1, -0.05) is 13.8 Å². The van der Waals surface area contributed by atoms with Crippen molar-refractivity contribution in [1.82, 2.24) is 4.90 Å². The van der Waals surface area contributed by atoms with Crippen LogP contribution in [0, 0.1) is 22.0 Å². The number of amides is 1. The normalized spacial score (nSPS) is 22.3. The fourth-order valence-electron chi connectivity index (χ4n) is 4.04. The summed E-state index contributed by atoms with van der Waals surface area (Å²) in [5, 5.41) is 11.2. The first kappa shape index (κ1) is 21.0. The number of ether oxygens (including phenoxy) is 2. The summed E-state index contributed by atoms with van der Waals surface area (Å²) in [6.45, 7) is 7.28. The van der Waals surface area contributed by atoms with Crippen LogP contribution in [0.5, 0.6) is 0 Å². The number of morpholine rings is 1. The molecule has 158 valence electrons. The number of carbonyl (C=O) groups excluding carboxylic acids is 2. The van der Waals surface area contributed by atoms with Crippen LogP contribution in [0.1, 0.15) is 30.6 Å². The number of anilines is 1. The van der Waals surface area contributed by atoms with Gasteiger partial charge < -0.3 is 19.3 Å². The summed E-state index contributed by atoms with van der Waals surface area (Å²) in [5.74, 6) is -0.164. The Balaban J connectivity index is 1.72. The number of esters is 1. The molecule has 9 nitrogen and oxygen atoms in total. The number of likely N-dealkylation sites (tertiary alicyclic amines) is 1. The third-order valence-electron chi connectivity index (χ3n) is 5.31. The van der Waals surface area contributed by atoms with E-state index in [1.165, 1.54) is 12.1 Å². The number of carbonyl (C=O) groups is 2. The minimum atomic E-state index is -0.735. The number of hydrogen-bond acceptors (Lipinski definition) is 7. The van der Waals surface area contributed by atoms with E-state index in [9.17, 15) is 19.7 Å². The predicted molar refractivity (Wildman–Crippen MR) is 106 cm³/mol. The molecule has 1 aromatic rings. The van der Waals surface area contributed by atoms with Crippen LogP contribution in [-0.2, 0) is 14.3 Å². The largest absolute Gasteiger partial charge is 0.452 e. The van der Waals surface area contributed by atoms with Crippen LogP contribution in [0.2, 0.25) is 0 Å². The van der Waals surface area contributed by atoms with E-state index < -0.39 is 10.9 Å². The lowest BCUT2D eigenvalue weighted by molar-refractivity contribution is -0.384. The van der Waals surface area contributed by atoms with Crippen molar-refractivity contribution in [3.05, 3.63) is 33.9 Å². The van der Waals surface area contributed by atoms with Gasteiger partial charge in [0, 0.05) is 38.3 Å². The summed E-state index contributed by atoms with van der Waals surface area (Å²) < 4.78 is 10.6. The first-order valence-corrected chi connectivity index (χ1v) is 9.91. The van der Waals surface area contributed by atoms with Crippen molar-refractivity contribution in [1.29, 1.82) is 0 Å². The summed E-state index contributed by atoms with van der Waals surface area (Å²) in [5.41, 5.74) is 0.449. The number of nitro groups is 1. The van der Waals surface area contributed by atoms with Crippen molar-refractivity contribution in [2.45, 2.75) is 20.3 Å². The minimum absolute atomic E-state index is 0.0919. The van der Waals surface area contributed by atoms with Crippen LogP contribution in [0.3, 0.4) is 0 Å². The Morgan fingerprint density at radius 3 is 2.48 bits per heavy atom. The lowest BCUT2D eigenvalue weighted by atomic mass is 9.92. The molecule has 2 fully saturated rings. The lowest BCUT2D eigenvalue weighted by Crippen LogP contribution is -2.44. The molecule has 0 radical (unpaired) electrons. The zero-order valence-corrected chi connectivity index (χ0v) is 16.8. The van der Waals surface area contributed by atoms with Gasteiger partial charge in [0.2, 0.25) is 0 Å². The van der Waals surface area contributed by atoms with Crippen molar-refractivity contribution >= 4 is 23.3 Å². The van der Waals surface area contributed by atoms with Gasteiger partial charge in [-0.3, -0.25) is 14.9 Å². The van der Waals surface area contributed by atoms with E-state index in [-0.39, 0.29) is 23.8 Å².